The summed E-state index contributed by atoms with van der Waals surface area (Å²) in [7, 11) is 1.67. The maximum atomic E-state index is 9.15. The highest BCUT2D eigenvalue weighted by Gasteiger charge is 2.19. The van der Waals surface area contributed by atoms with E-state index in [2.05, 4.69) is 30.3 Å². The first kappa shape index (κ1) is 13.4. The summed E-state index contributed by atoms with van der Waals surface area (Å²) in [6, 6.07) is 16.7. The predicted octanol–water partition coefficient (Wildman–Crippen LogP) is -0.642. The monoisotopic (exact) mass is 355 g/mol. The highest BCUT2D eigenvalue weighted by Crippen LogP contribution is 2.12. The topological polar surface area (TPSA) is 29.5 Å². The van der Waals surface area contributed by atoms with Crippen LogP contribution in [0.4, 0.5) is 0 Å². The molecule has 2 aromatic rings. The number of rotatable bonds is 5. The number of hydrogen-bond donors (Lipinski definition) is 1. The molecule has 0 aromatic heterocycles. The molecule has 0 amide bonds. The van der Waals surface area contributed by atoms with Crippen molar-refractivity contribution in [2.24, 2.45) is 0 Å². The Hall–Kier alpha value is -1.07. The van der Waals surface area contributed by atoms with Gasteiger partial charge in [0.1, 0.15) is 5.75 Å². The molecular weight excluding hydrogens is 339 g/mol. The summed E-state index contributed by atoms with van der Waals surface area (Å²) in [4.78, 5) is 0. The van der Waals surface area contributed by atoms with E-state index in [1.807, 2.05) is 18.2 Å². The van der Waals surface area contributed by atoms with Crippen molar-refractivity contribution < 1.29 is 31.0 Å². The third-order valence-corrected chi connectivity index (χ3v) is 5.55. The van der Waals surface area contributed by atoms with Crippen molar-refractivity contribution in [3.8, 4) is 5.75 Å². The van der Waals surface area contributed by atoms with Crippen molar-refractivity contribution in [1.29, 1.82) is 0 Å². The van der Waals surface area contributed by atoms with E-state index in [1.165, 1.54) is 12.7 Å². The van der Waals surface area contributed by atoms with Gasteiger partial charge < -0.3 is 9.84 Å². The highest BCUT2D eigenvalue weighted by molar-refractivity contribution is 5.28. The van der Waals surface area contributed by atoms with Crippen LogP contribution in [0.3, 0.4) is 0 Å². The number of aliphatic hydroxyl groups excluding tert-OH is 1. The van der Waals surface area contributed by atoms with Gasteiger partial charge in [-0.2, -0.15) is 0 Å². The second-order valence-electron chi connectivity index (χ2n) is 3.82. The second kappa shape index (κ2) is 6.75. The number of aliphatic hydroxyl groups is 1. The Morgan fingerprint density at radius 1 is 1.11 bits per heavy atom. The molecule has 2 aromatic carbocycles. The van der Waals surface area contributed by atoms with Gasteiger partial charge in [0.05, 0.1) is 7.11 Å². The Kier molecular flexibility index (Phi) is 5.01. The van der Waals surface area contributed by atoms with Crippen molar-refractivity contribution in [2.75, 3.05) is 13.7 Å². The lowest BCUT2D eigenvalue weighted by Crippen LogP contribution is -3.61. The maximum absolute atomic E-state index is 9.15. The maximum Gasteiger partial charge on any atom is 0.358 e. The van der Waals surface area contributed by atoms with Crippen molar-refractivity contribution >= 4 is 0 Å². The molecule has 0 heterocycles. The Morgan fingerprint density at radius 3 is 2.56 bits per heavy atom. The van der Waals surface area contributed by atoms with E-state index in [1.54, 1.807) is 7.11 Å². The zero-order valence-corrected chi connectivity index (χ0v) is 12.4. The number of hydrogen-bond acceptors (Lipinski definition) is 2. The smallest absolute Gasteiger partial charge is 0.358 e. The highest BCUT2D eigenvalue weighted by atomic mass is 127. The molecule has 2 nitrogen and oxygen atoms in total. The first-order valence-electron chi connectivity index (χ1n) is 5.81. The minimum atomic E-state index is -0.190. The van der Waals surface area contributed by atoms with E-state index < -0.39 is 0 Å². The summed E-state index contributed by atoms with van der Waals surface area (Å²) in [5.74, 6) is 0.860. The summed E-state index contributed by atoms with van der Waals surface area (Å²) < 4.78 is 7.98. The summed E-state index contributed by atoms with van der Waals surface area (Å²) in [5, 5.41) is 9.15. The van der Waals surface area contributed by atoms with Gasteiger partial charge in [-0.25, -0.2) is 0 Å². The third kappa shape index (κ3) is 3.46. The zero-order valence-electron chi connectivity index (χ0n) is 10.3. The number of ether oxygens (including phenoxy) is 1. The van der Waals surface area contributed by atoms with Crippen LogP contribution in [-0.4, -0.2) is 18.8 Å². The lowest BCUT2D eigenvalue weighted by molar-refractivity contribution is -0.598. The van der Waals surface area contributed by atoms with Crippen molar-refractivity contribution in [2.45, 2.75) is 6.42 Å². The van der Waals surface area contributed by atoms with Crippen LogP contribution in [0.25, 0.3) is 0 Å². The molecule has 94 valence electrons. The first-order valence-corrected chi connectivity index (χ1v) is 7.97. The largest absolute Gasteiger partial charge is 0.497 e. The number of halogens is 1. The molecule has 0 bridgehead atoms. The molecule has 0 aliphatic heterocycles. The molecule has 18 heavy (non-hydrogen) atoms. The minimum Gasteiger partial charge on any atom is -0.497 e. The van der Waals surface area contributed by atoms with E-state index in [-0.39, 0.29) is 27.8 Å². The third-order valence-electron chi connectivity index (χ3n) is 2.58. The predicted molar refractivity (Wildman–Crippen MR) is 67.6 cm³/mol. The van der Waals surface area contributed by atoms with Gasteiger partial charge in [-0.15, -0.1) is 0 Å². The molecule has 0 saturated carbocycles. The van der Waals surface area contributed by atoms with Gasteiger partial charge in [0, 0.05) is 18.6 Å². The van der Waals surface area contributed by atoms with Gasteiger partial charge in [-0.05, 0) is 30.3 Å². The molecule has 0 saturated heterocycles. The molecule has 0 atom stereocenters. The van der Waals surface area contributed by atoms with E-state index in [9.17, 15) is 0 Å². The van der Waals surface area contributed by atoms with Crippen LogP contribution < -0.4 is 25.9 Å². The minimum absolute atomic E-state index is 0.179. The zero-order chi connectivity index (χ0) is 12.8. The molecule has 0 aliphatic carbocycles. The van der Waals surface area contributed by atoms with E-state index >= 15 is 0 Å². The van der Waals surface area contributed by atoms with Crippen molar-refractivity contribution in [3.05, 3.63) is 61.2 Å². The summed E-state index contributed by atoms with van der Waals surface area (Å²) in [5.41, 5.74) is 1.20. The molecule has 3 heteroatoms. The SMILES string of the molecule is COc1ccc([I+]c2ccccc2)c(CCO)c1. The normalized spacial score (nSPS) is 10.3. The van der Waals surface area contributed by atoms with E-state index in [0.29, 0.717) is 6.42 Å². The average Bonchev–Trinajstić information content (AvgIpc) is 2.42. The first-order chi connectivity index (χ1) is 8.83. The molecule has 0 unspecified atom stereocenters. The molecule has 0 spiro atoms. The van der Waals surface area contributed by atoms with Crippen molar-refractivity contribution in [3.63, 3.8) is 0 Å². The van der Waals surface area contributed by atoms with E-state index in [4.69, 9.17) is 9.84 Å². The van der Waals surface area contributed by atoms with Crippen molar-refractivity contribution in [1.82, 2.24) is 0 Å². The van der Waals surface area contributed by atoms with Gasteiger partial charge in [0.2, 0.25) is 0 Å². The molecule has 0 radical (unpaired) electrons. The fourth-order valence-corrected chi connectivity index (χ4v) is 4.25. The van der Waals surface area contributed by atoms with Gasteiger partial charge in [-0.3, -0.25) is 0 Å². The summed E-state index contributed by atoms with van der Waals surface area (Å²) in [6.07, 6.45) is 0.694. The van der Waals surface area contributed by atoms with E-state index in [0.717, 1.165) is 5.75 Å². The molecular formula is C15H16IO2+. The molecule has 0 fully saturated rings. The lowest BCUT2D eigenvalue weighted by Gasteiger charge is -2.03. The number of benzene rings is 2. The Balaban J connectivity index is 2.26. The van der Waals surface area contributed by atoms with Gasteiger partial charge in [0.15, 0.2) is 7.14 Å². The summed E-state index contributed by atoms with van der Waals surface area (Å²) in [6.45, 7) is 0.179. The Bertz CT molecular complexity index is 497. The quantitative estimate of drug-likeness (QED) is 0.724. The second-order valence-corrected chi connectivity index (χ2v) is 6.77. The fourth-order valence-electron chi connectivity index (χ4n) is 1.68. The fraction of sp³-hybridized carbons (Fsp3) is 0.200. The van der Waals surface area contributed by atoms with Gasteiger partial charge >= 0.3 is 21.2 Å². The van der Waals surface area contributed by atoms with Gasteiger partial charge in [-0.1, -0.05) is 18.2 Å². The standard InChI is InChI=1S/C15H16IO2/c1-18-14-7-8-15(12(11-14)9-10-17)16-13-5-3-2-4-6-13/h2-8,11,17H,9-10H2,1H3/q+1. The Labute approximate surface area is 118 Å². The average molecular weight is 355 g/mol. The van der Waals surface area contributed by atoms with Crippen LogP contribution in [0.5, 0.6) is 5.75 Å². The van der Waals surface area contributed by atoms with Crippen LogP contribution in [0.15, 0.2) is 48.5 Å². The lowest BCUT2D eigenvalue weighted by atomic mass is 10.1. The molecule has 1 N–H and O–H groups in total. The van der Waals surface area contributed by atoms with Crippen LogP contribution in [0.1, 0.15) is 5.56 Å². The molecule has 2 rings (SSSR count). The number of methoxy groups -OCH3 is 1. The van der Waals surface area contributed by atoms with Gasteiger partial charge in [0.25, 0.3) is 0 Å². The van der Waals surface area contributed by atoms with Crippen LogP contribution in [0.2, 0.25) is 0 Å². The van der Waals surface area contributed by atoms with Crippen LogP contribution >= 0.6 is 0 Å². The van der Waals surface area contributed by atoms with Crippen LogP contribution in [0, 0.1) is 7.14 Å². The summed E-state index contributed by atoms with van der Waals surface area (Å²) >= 11 is -0.190. The Morgan fingerprint density at radius 2 is 1.89 bits per heavy atom. The molecule has 0 aliphatic rings. The van der Waals surface area contributed by atoms with Crippen LogP contribution in [-0.2, 0) is 6.42 Å².